The van der Waals surface area contributed by atoms with Crippen LogP contribution in [0.5, 0.6) is 17.5 Å². The highest BCUT2D eigenvalue weighted by Gasteiger charge is 2.43. The molecule has 8 rings (SSSR count). The number of fused-ring (bicyclic) bond motifs is 2. The summed E-state index contributed by atoms with van der Waals surface area (Å²) in [7, 11) is 0. The second-order valence-electron chi connectivity index (χ2n) is 16.5. The van der Waals surface area contributed by atoms with E-state index in [0.29, 0.717) is 66.4 Å². The van der Waals surface area contributed by atoms with E-state index in [9.17, 15) is 19.8 Å². The number of nitrogen functional groups attached to an aromatic ring is 1. The van der Waals surface area contributed by atoms with Gasteiger partial charge in [-0.3, -0.25) is 19.4 Å². The molecule has 2 unspecified atom stereocenters. The first-order valence-corrected chi connectivity index (χ1v) is 20.9. The third-order valence-corrected chi connectivity index (χ3v) is 12.2. The summed E-state index contributed by atoms with van der Waals surface area (Å²) in [6, 6.07) is 14.5. The first-order valence-electron chi connectivity index (χ1n) is 20.9. The highest BCUT2D eigenvalue weighted by molar-refractivity contribution is 5.90. The first-order chi connectivity index (χ1) is 29.0. The monoisotopic (exact) mass is 825 g/mol. The predicted octanol–water partition coefficient (Wildman–Crippen LogP) is 1.93. The summed E-state index contributed by atoms with van der Waals surface area (Å²) >= 11 is 0. The van der Waals surface area contributed by atoms with Gasteiger partial charge in [-0.1, -0.05) is 26.0 Å². The van der Waals surface area contributed by atoms with Crippen LogP contribution in [0.3, 0.4) is 0 Å². The Morgan fingerprint density at radius 3 is 2.27 bits per heavy atom. The number of pyridine rings is 1. The number of amides is 2. The fourth-order valence-corrected chi connectivity index (χ4v) is 9.15. The number of ether oxygens (including phenoxy) is 2. The van der Waals surface area contributed by atoms with Gasteiger partial charge in [0.1, 0.15) is 30.9 Å². The summed E-state index contributed by atoms with van der Waals surface area (Å²) < 4.78 is 17.7. The molecule has 4 saturated heterocycles. The third-order valence-electron chi connectivity index (χ3n) is 12.2. The molecule has 4 aromatic rings. The van der Waals surface area contributed by atoms with E-state index in [1.54, 1.807) is 18.2 Å². The molecule has 0 spiro atoms. The van der Waals surface area contributed by atoms with Crippen molar-refractivity contribution in [2.45, 2.75) is 63.3 Å². The number of likely N-dealkylation sites (tertiary alicyclic amines) is 1. The summed E-state index contributed by atoms with van der Waals surface area (Å²) in [6.07, 6.45) is 3.29. The molecule has 4 aliphatic heterocycles. The number of phenols is 1. The van der Waals surface area contributed by atoms with Crippen molar-refractivity contribution >= 4 is 29.0 Å². The number of hydrogen-bond donors (Lipinski definition) is 4. The van der Waals surface area contributed by atoms with Crippen molar-refractivity contribution in [2.75, 3.05) is 87.7 Å². The van der Waals surface area contributed by atoms with Crippen molar-refractivity contribution < 1.29 is 33.8 Å². The maximum atomic E-state index is 13.5. The number of para-hydroxylation sites is 1. The number of anilines is 3. The minimum atomic E-state index is -0.850. The number of carbonyl (C=O) groups is 2. The Balaban J connectivity index is 0.770. The Morgan fingerprint density at radius 1 is 0.917 bits per heavy atom. The van der Waals surface area contributed by atoms with Gasteiger partial charge < -0.3 is 50.4 Å². The minimum absolute atomic E-state index is 0.0501. The zero-order chi connectivity index (χ0) is 41.9. The van der Waals surface area contributed by atoms with E-state index in [2.05, 4.69) is 46.0 Å². The molecule has 4 fully saturated rings. The molecule has 0 aliphatic carbocycles. The number of nitrogens with zero attached hydrogens (tertiary/aromatic N) is 9. The molecular formula is C42H55N11O7. The Bertz CT molecular complexity index is 2110. The van der Waals surface area contributed by atoms with Gasteiger partial charge in [0, 0.05) is 107 Å². The van der Waals surface area contributed by atoms with Crippen LogP contribution in [0.2, 0.25) is 0 Å². The lowest BCUT2D eigenvalue weighted by Crippen LogP contribution is -2.54. The lowest BCUT2D eigenvalue weighted by Gasteiger charge is -2.43. The summed E-state index contributed by atoms with van der Waals surface area (Å²) in [5.74, 6) is -0.00691. The zero-order valence-electron chi connectivity index (χ0n) is 34.2. The fourth-order valence-electron chi connectivity index (χ4n) is 9.15. The van der Waals surface area contributed by atoms with Crippen molar-refractivity contribution in [1.29, 1.82) is 0 Å². The van der Waals surface area contributed by atoms with E-state index in [4.69, 9.17) is 25.5 Å². The topological polar surface area (TPSA) is 226 Å². The van der Waals surface area contributed by atoms with E-state index >= 15 is 0 Å². The molecule has 7 heterocycles. The number of β-amino-alcohol motifs (C(OH)–C–C–N with tert-alkyl or cyclic N) is 1. The Kier molecular flexibility index (Phi) is 12.2. The fraction of sp³-hybridized carbons (Fsp3) is 0.524. The largest absolute Gasteiger partial charge is 0.507 e. The number of carbonyl (C=O) groups excluding carboxylic acids is 2. The van der Waals surface area contributed by atoms with Crippen LogP contribution in [-0.2, 0) is 9.59 Å². The number of benzene rings is 1. The number of rotatable bonds is 15. The Hall–Kier alpha value is -5.72. The molecule has 4 aliphatic rings. The van der Waals surface area contributed by atoms with Gasteiger partial charge >= 0.3 is 0 Å². The molecule has 60 heavy (non-hydrogen) atoms. The maximum absolute atomic E-state index is 13.5. The molecule has 5 atom stereocenters. The normalized spacial score (nSPS) is 22.7. The van der Waals surface area contributed by atoms with Gasteiger partial charge in [-0.25, -0.2) is 4.98 Å². The molecule has 0 saturated carbocycles. The zero-order valence-corrected chi connectivity index (χ0v) is 34.2. The molecule has 6 N–H and O–H groups in total. The van der Waals surface area contributed by atoms with Crippen LogP contribution in [0.15, 0.2) is 59.3 Å². The molecular weight excluding hydrogens is 771 g/mol. The lowest BCUT2D eigenvalue weighted by molar-refractivity contribution is -0.139. The molecule has 3 aromatic heterocycles. The van der Waals surface area contributed by atoms with Crippen molar-refractivity contribution in [3.05, 3.63) is 60.5 Å². The number of hydrogen-bond acceptors (Lipinski definition) is 16. The SMILES string of the molecule is CC(C)[C@H](C(=O)N1C[C@H](O)C[C@H]1C(N)=O)c1cc(OCCN2CCN(CCOc3cc(N4C5CCC4CN(c4cc(-c6ccccc6O)nnc4N)C5)ccn3)CC2)no1. The van der Waals surface area contributed by atoms with Crippen LogP contribution in [0.25, 0.3) is 11.3 Å². The number of phenolic OH excluding ortho intramolecular Hbond substituents is 1. The lowest BCUT2D eigenvalue weighted by atomic mass is 9.91. The molecule has 320 valence electrons. The summed E-state index contributed by atoms with van der Waals surface area (Å²) in [6.45, 7) is 11.4. The summed E-state index contributed by atoms with van der Waals surface area (Å²) in [4.78, 5) is 40.8. The van der Waals surface area contributed by atoms with E-state index in [1.165, 1.54) is 4.90 Å². The Labute approximate surface area is 349 Å². The number of aliphatic hydroxyl groups excluding tert-OH is 1. The number of aromatic hydroxyl groups is 1. The molecule has 1 aromatic carbocycles. The average molecular weight is 826 g/mol. The van der Waals surface area contributed by atoms with E-state index in [0.717, 1.165) is 70.0 Å². The van der Waals surface area contributed by atoms with Crippen molar-refractivity contribution in [2.24, 2.45) is 11.7 Å². The number of aromatic nitrogens is 4. The molecule has 0 radical (unpaired) electrons. The highest BCUT2D eigenvalue weighted by atomic mass is 16.5. The third kappa shape index (κ3) is 8.90. The van der Waals surface area contributed by atoms with Gasteiger partial charge in [0.2, 0.25) is 17.7 Å². The second kappa shape index (κ2) is 17.9. The van der Waals surface area contributed by atoms with Gasteiger partial charge in [0.05, 0.1) is 17.5 Å². The second-order valence-corrected chi connectivity index (χ2v) is 16.5. The number of aliphatic hydroxyl groups is 1. The van der Waals surface area contributed by atoms with Crippen LogP contribution >= 0.6 is 0 Å². The van der Waals surface area contributed by atoms with E-state index < -0.39 is 24.0 Å². The summed E-state index contributed by atoms with van der Waals surface area (Å²) in [5.41, 5.74) is 15.0. The minimum Gasteiger partial charge on any atom is -0.507 e. The smallest absolute Gasteiger partial charge is 0.254 e. The highest BCUT2D eigenvalue weighted by Crippen LogP contribution is 2.39. The number of piperazine rings is 2. The number of nitrogens with two attached hydrogens (primary N) is 2. The Morgan fingerprint density at radius 2 is 1.60 bits per heavy atom. The molecule has 18 heteroatoms. The molecule has 2 amide bonds. The van der Waals surface area contributed by atoms with Crippen molar-refractivity contribution in [3.8, 4) is 28.8 Å². The molecule has 18 nitrogen and oxygen atoms in total. The van der Waals surface area contributed by atoms with Crippen LogP contribution in [0.4, 0.5) is 17.2 Å². The predicted molar refractivity (Wildman–Crippen MR) is 223 cm³/mol. The van der Waals surface area contributed by atoms with Gasteiger partial charge in [0.15, 0.2) is 11.6 Å². The van der Waals surface area contributed by atoms with Crippen LogP contribution in [0.1, 0.15) is 44.8 Å². The maximum Gasteiger partial charge on any atom is 0.254 e. The molecule has 2 bridgehead atoms. The quantitative estimate of drug-likeness (QED) is 0.134. The van der Waals surface area contributed by atoms with Crippen molar-refractivity contribution in [3.63, 3.8) is 0 Å². The van der Waals surface area contributed by atoms with Gasteiger partial charge in [0.25, 0.3) is 5.88 Å². The average Bonchev–Trinajstić information content (AvgIpc) is 3.94. The summed E-state index contributed by atoms with van der Waals surface area (Å²) in [5, 5.41) is 33.1. The van der Waals surface area contributed by atoms with E-state index in [-0.39, 0.29) is 30.5 Å². The van der Waals surface area contributed by atoms with E-state index in [1.807, 2.05) is 44.3 Å². The van der Waals surface area contributed by atoms with Crippen molar-refractivity contribution in [1.82, 2.24) is 35.0 Å². The van der Waals surface area contributed by atoms with Crippen LogP contribution in [-0.4, -0.2) is 153 Å². The van der Waals surface area contributed by atoms with Crippen LogP contribution < -0.4 is 30.7 Å². The van der Waals surface area contributed by atoms with Crippen LogP contribution in [0, 0.1) is 5.92 Å². The van der Waals surface area contributed by atoms with Gasteiger partial charge in [-0.05, 0) is 48.2 Å². The number of primary amides is 1. The van der Waals surface area contributed by atoms with Gasteiger partial charge in [-0.15, -0.1) is 10.2 Å². The van der Waals surface area contributed by atoms with Gasteiger partial charge in [-0.2, -0.15) is 0 Å². The first kappa shape index (κ1) is 41.0. The standard InChI is InChI=1S/C42H55N11O7/c1-26(2)39(42(57)52-25-30(54)20-34(52)41(44)56)36-22-38(48-60-36)59-18-16-50-13-11-49(12-14-50)15-17-58-37-19-27(9-10-45-37)53-28-7-8-29(53)24-51(23-28)33-21-32(46-47-40(33)43)31-5-3-4-6-35(31)55/h3-6,9-10,19,21-22,26,28-30,34,39,54-55H,7-8,11-18,20,23-25H2,1-2H3,(H2,43,47)(H2,44,56)/t28?,29?,30-,34+,39+/m1/s1.